The smallest absolute Gasteiger partial charge is 0.412 e. The Kier molecular flexibility index (Phi) is 7.67. The number of amides is 3. The fourth-order valence-electron chi connectivity index (χ4n) is 2.96. The van der Waals surface area contributed by atoms with Gasteiger partial charge in [-0.1, -0.05) is 61.0 Å². The second-order valence-electron chi connectivity index (χ2n) is 6.94. The normalized spacial score (nSPS) is 11.6. The van der Waals surface area contributed by atoms with Crippen molar-refractivity contribution in [3.05, 3.63) is 78.3 Å². The molecule has 0 aliphatic carbocycles. The molecule has 1 atom stereocenters. The van der Waals surface area contributed by atoms with Crippen molar-refractivity contribution in [2.75, 3.05) is 19.0 Å². The summed E-state index contributed by atoms with van der Waals surface area (Å²) in [6, 6.07) is 16.1. The summed E-state index contributed by atoms with van der Waals surface area (Å²) < 4.78 is 5.29. The van der Waals surface area contributed by atoms with Gasteiger partial charge in [-0.05, 0) is 29.5 Å². The van der Waals surface area contributed by atoms with E-state index in [0.29, 0.717) is 23.8 Å². The lowest BCUT2D eigenvalue weighted by Crippen LogP contribution is -2.45. The molecule has 7 nitrogen and oxygen atoms in total. The number of likely N-dealkylation sites (N-methyl/N-ethyl adjacent to an activating group) is 1. The molecule has 0 aliphatic rings. The second kappa shape index (κ2) is 10.6. The van der Waals surface area contributed by atoms with Crippen molar-refractivity contribution in [2.45, 2.75) is 19.0 Å². The van der Waals surface area contributed by atoms with Crippen LogP contribution in [0.5, 0.6) is 0 Å². The zero-order valence-corrected chi connectivity index (χ0v) is 17.9. The van der Waals surface area contributed by atoms with Crippen LogP contribution in [-0.2, 0) is 11.3 Å². The van der Waals surface area contributed by atoms with Crippen molar-refractivity contribution in [2.24, 2.45) is 0 Å². The Hall–Kier alpha value is -3.32. The monoisotopic (exact) mass is 439 g/mol. The molecule has 3 rings (SSSR count). The standard InChI is InChI=1S/C23H24ClN4O3/c1-3-19(28(2)22(29)26-14-18-10-6-7-11-20(18)24)15-31-23(30)27-21-12-16-8-4-5-9-17(16)13-25-21/h4-13,19H,1,3,14-15H2,2H3,(H,26,29)(H,25,27,30). The number of benzene rings is 2. The van der Waals surface area contributed by atoms with Crippen LogP contribution in [0, 0.1) is 6.92 Å². The molecule has 3 aromatic rings. The summed E-state index contributed by atoms with van der Waals surface area (Å²) in [4.78, 5) is 30.3. The molecule has 161 valence electrons. The average Bonchev–Trinajstić information content (AvgIpc) is 2.78. The van der Waals surface area contributed by atoms with Gasteiger partial charge in [-0.15, -0.1) is 0 Å². The van der Waals surface area contributed by atoms with Gasteiger partial charge >= 0.3 is 12.1 Å². The van der Waals surface area contributed by atoms with E-state index < -0.39 is 6.09 Å². The number of urea groups is 1. The van der Waals surface area contributed by atoms with Gasteiger partial charge in [0, 0.05) is 30.2 Å². The molecule has 1 unspecified atom stereocenters. The Bertz CT molecular complexity index is 1060. The first-order chi connectivity index (χ1) is 15.0. The average molecular weight is 440 g/mol. The minimum atomic E-state index is -0.647. The second-order valence-corrected chi connectivity index (χ2v) is 7.35. The van der Waals surface area contributed by atoms with Gasteiger partial charge in [0.15, 0.2) is 0 Å². The molecule has 0 bridgehead atoms. The minimum absolute atomic E-state index is 0.00106. The van der Waals surface area contributed by atoms with Crippen LogP contribution in [0.1, 0.15) is 12.0 Å². The first-order valence-corrected chi connectivity index (χ1v) is 10.2. The fourth-order valence-corrected chi connectivity index (χ4v) is 3.16. The number of carbonyl (C=O) groups excluding carboxylic acids is 2. The number of halogens is 1. The largest absolute Gasteiger partial charge is 0.447 e. The number of carbonyl (C=O) groups is 2. The molecule has 31 heavy (non-hydrogen) atoms. The summed E-state index contributed by atoms with van der Waals surface area (Å²) in [5, 5.41) is 7.93. The summed E-state index contributed by atoms with van der Waals surface area (Å²) in [5.41, 5.74) is 0.815. The molecule has 0 spiro atoms. The lowest BCUT2D eigenvalue weighted by atomic mass is 10.2. The quantitative estimate of drug-likeness (QED) is 0.550. The number of rotatable bonds is 7. The van der Waals surface area contributed by atoms with E-state index >= 15 is 0 Å². The van der Waals surface area contributed by atoms with Gasteiger partial charge in [-0.3, -0.25) is 5.32 Å². The lowest BCUT2D eigenvalue weighted by molar-refractivity contribution is 0.117. The third-order valence-corrected chi connectivity index (χ3v) is 5.23. The van der Waals surface area contributed by atoms with E-state index in [0.717, 1.165) is 16.3 Å². The van der Waals surface area contributed by atoms with Crippen LogP contribution < -0.4 is 10.6 Å². The highest BCUT2D eigenvalue weighted by Gasteiger charge is 2.20. The van der Waals surface area contributed by atoms with Gasteiger partial charge in [0.05, 0.1) is 6.04 Å². The van der Waals surface area contributed by atoms with Crippen LogP contribution in [0.2, 0.25) is 5.02 Å². The third-order valence-electron chi connectivity index (χ3n) is 4.86. The van der Waals surface area contributed by atoms with Crippen LogP contribution >= 0.6 is 11.6 Å². The Morgan fingerprint density at radius 3 is 2.61 bits per heavy atom. The molecule has 0 aliphatic heterocycles. The molecule has 0 fully saturated rings. The number of pyridine rings is 1. The number of anilines is 1. The molecular formula is C23H24ClN4O3. The molecule has 2 aromatic carbocycles. The zero-order valence-electron chi connectivity index (χ0n) is 17.2. The van der Waals surface area contributed by atoms with Gasteiger partial charge in [0.25, 0.3) is 0 Å². The molecule has 1 heterocycles. The molecule has 3 amide bonds. The lowest BCUT2D eigenvalue weighted by Gasteiger charge is -2.27. The van der Waals surface area contributed by atoms with Crippen LogP contribution in [0.4, 0.5) is 15.4 Å². The number of fused-ring (bicyclic) bond motifs is 1. The Morgan fingerprint density at radius 2 is 1.87 bits per heavy atom. The molecule has 8 heteroatoms. The number of nitrogens with one attached hydrogen (secondary N) is 2. The van der Waals surface area contributed by atoms with Crippen LogP contribution in [0.15, 0.2) is 60.8 Å². The zero-order chi connectivity index (χ0) is 22.2. The highest BCUT2D eigenvalue weighted by atomic mass is 35.5. The van der Waals surface area contributed by atoms with Crippen LogP contribution in [0.3, 0.4) is 0 Å². The van der Waals surface area contributed by atoms with Crippen LogP contribution in [0.25, 0.3) is 10.8 Å². The van der Waals surface area contributed by atoms with Crippen LogP contribution in [-0.4, -0.2) is 41.7 Å². The highest BCUT2D eigenvalue weighted by Crippen LogP contribution is 2.17. The molecule has 2 N–H and O–H groups in total. The molecule has 1 aromatic heterocycles. The maximum Gasteiger partial charge on any atom is 0.412 e. The molecule has 1 radical (unpaired) electrons. The minimum Gasteiger partial charge on any atom is -0.447 e. The summed E-state index contributed by atoms with van der Waals surface area (Å²) >= 11 is 6.12. The Morgan fingerprint density at radius 1 is 1.16 bits per heavy atom. The van der Waals surface area contributed by atoms with Crippen molar-refractivity contribution >= 4 is 40.3 Å². The summed E-state index contributed by atoms with van der Waals surface area (Å²) in [6.07, 6.45) is 1.41. The van der Waals surface area contributed by atoms with Gasteiger partial charge in [0.2, 0.25) is 0 Å². The van der Waals surface area contributed by atoms with Gasteiger partial charge in [0.1, 0.15) is 12.4 Å². The van der Waals surface area contributed by atoms with E-state index in [2.05, 4.69) is 22.5 Å². The molecule has 0 saturated carbocycles. The maximum atomic E-state index is 12.5. The maximum absolute atomic E-state index is 12.5. The van der Waals surface area contributed by atoms with E-state index in [4.69, 9.17) is 16.3 Å². The number of ether oxygens (including phenoxy) is 1. The summed E-state index contributed by atoms with van der Waals surface area (Å²) in [7, 11) is 1.63. The summed E-state index contributed by atoms with van der Waals surface area (Å²) in [5.74, 6) is 0.390. The van der Waals surface area contributed by atoms with Gasteiger partial charge < -0.3 is 15.0 Å². The Balaban J connectivity index is 1.50. The fraction of sp³-hybridized carbons (Fsp3) is 0.217. The number of hydrogen-bond acceptors (Lipinski definition) is 4. The van der Waals surface area contributed by atoms with E-state index in [1.165, 1.54) is 4.90 Å². The topological polar surface area (TPSA) is 83.6 Å². The van der Waals surface area contributed by atoms with E-state index in [-0.39, 0.29) is 18.7 Å². The van der Waals surface area contributed by atoms with Crippen molar-refractivity contribution in [3.63, 3.8) is 0 Å². The first kappa shape index (κ1) is 22.4. The molecule has 0 saturated heterocycles. The summed E-state index contributed by atoms with van der Waals surface area (Å²) in [6.45, 7) is 4.14. The third kappa shape index (κ3) is 6.08. The van der Waals surface area contributed by atoms with E-state index in [1.54, 1.807) is 25.4 Å². The van der Waals surface area contributed by atoms with Gasteiger partial charge in [-0.2, -0.15) is 0 Å². The van der Waals surface area contributed by atoms with Gasteiger partial charge in [-0.25, -0.2) is 14.6 Å². The predicted molar refractivity (Wildman–Crippen MR) is 122 cm³/mol. The van der Waals surface area contributed by atoms with E-state index in [9.17, 15) is 9.59 Å². The van der Waals surface area contributed by atoms with E-state index in [1.807, 2.05) is 42.5 Å². The molecular weight excluding hydrogens is 416 g/mol. The number of hydrogen-bond donors (Lipinski definition) is 2. The first-order valence-electron chi connectivity index (χ1n) is 9.80. The van der Waals surface area contributed by atoms with Crippen molar-refractivity contribution in [1.82, 2.24) is 15.2 Å². The Labute approximate surface area is 186 Å². The van der Waals surface area contributed by atoms with Crippen molar-refractivity contribution in [1.29, 1.82) is 0 Å². The SMILES string of the molecule is [CH2]CC(COC(=O)Nc1cc2ccccc2cn1)N(C)C(=O)NCc1ccccc1Cl. The predicted octanol–water partition coefficient (Wildman–Crippen LogP) is 4.87. The highest BCUT2D eigenvalue weighted by molar-refractivity contribution is 6.31. The van der Waals surface area contributed by atoms with Crippen molar-refractivity contribution in [3.8, 4) is 0 Å². The number of nitrogens with zero attached hydrogens (tertiary/aromatic N) is 2. The van der Waals surface area contributed by atoms with Crippen molar-refractivity contribution < 1.29 is 14.3 Å². The number of aromatic nitrogens is 1.